The quantitative estimate of drug-likeness (QED) is 0.777. The predicted octanol–water partition coefficient (Wildman–Crippen LogP) is 2.91. The molecule has 25 heavy (non-hydrogen) atoms. The Bertz CT molecular complexity index is 936. The molecule has 1 aromatic heterocycles. The lowest BCUT2D eigenvalue weighted by molar-refractivity contribution is 0.0699. The van der Waals surface area contributed by atoms with Crippen molar-refractivity contribution >= 4 is 37.2 Å². The molecule has 1 saturated heterocycles. The second kappa shape index (κ2) is 6.86. The van der Waals surface area contributed by atoms with Crippen molar-refractivity contribution in [1.29, 1.82) is 0 Å². The molecule has 134 valence electrons. The number of hydrogen-bond acceptors (Lipinski definition) is 5. The highest BCUT2D eigenvalue weighted by Gasteiger charge is 2.33. The average molecular weight is 383 g/mol. The second-order valence-corrected chi connectivity index (χ2v) is 9.38. The summed E-state index contributed by atoms with van der Waals surface area (Å²) in [5, 5.41) is 9.81. The Morgan fingerprint density at radius 3 is 2.84 bits per heavy atom. The summed E-state index contributed by atoms with van der Waals surface area (Å²) in [6.07, 6.45) is 2.14. The highest BCUT2D eigenvalue weighted by Crippen LogP contribution is 2.35. The number of fused-ring (bicyclic) bond motifs is 1. The number of carboxylic acid groups (broad SMARTS) is 1. The zero-order valence-electron chi connectivity index (χ0n) is 13.4. The van der Waals surface area contributed by atoms with Crippen molar-refractivity contribution in [3.63, 3.8) is 0 Å². The monoisotopic (exact) mass is 383 g/mol. The zero-order chi connectivity index (χ0) is 18.2. The van der Waals surface area contributed by atoms with Gasteiger partial charge in [0.05, 0.1) is 11.5 Å². The lowest BCUT2D eigenvalue weighted by Crippen LogP contribution is -2.36. The smallest absolute Gasteiger partial charge is 0.346 e. The van der Waals surface area contributed by atoms with Gasteiger partial charge in [0.1, 0.15) is 10.7 Å². The van der Waals surface area contributed by atoms with Gasteiger partial charge in [0, 0.05) is 34.8 Å². The van der Waals surface area contributed by atoms with Crippen LogP contribution in [0.3, 0.4) is 0 Å². The highest BCUT2D eigenvalue weighted by molar-refractivity contribution is 7.91. The summed E-state index contributed by atoms with van der Waals surface area (Å²) < 4.78 is 38.5. The van der Waals surface area contributed by atoms with Crippen molar-refractivity contribution in [2.24, 2.45) is 0 Å². The fourth-order valence-electron chi connectivity index (χ4n) is 3.27. The summed E-state index contributed by atoms with van der Waals surface area (Å²) in [5.41, 5.74) is 0.400. The van der Waals surface area contributed by atoms with Crippen LogP contribution in [0.15, 0.2) is 30.9 Å². The van der Waals surface area contributed by atoms with Gasteiger partial charge in [-0.15, -0.1) is 17.9 Å². The molecule has 5 nitrogen and oxygen atoms in total. The van der Waals surface area contributed by atoms with Gasteiger partial charge in [-0.3, -0.25) is 4.90 Å². The number of carboxylic acids is 1. The van der Waals surface area contributed by atoms with Gasteiger partial charge in [-0.05, 0) is 18.6 Å². The first-order chi connectivity index (χ1) is 11.8. The Morgan fingerprint density at radius 1 is 1.48 bits per heavy atom. The molecular formula is C17H18FNO4S2. The highest BCUT2D eigenvalue weighted by atomic mass is 32.2. The molecule has 2 aromatic rings. The van der Waals surface area contributed by atoms with E-state index in [4.69, 9.17) is 0 Å². The standard InChI is InChI=1S/C17H18FNO4S2/c1-2-7-19(11-6-8-25(22,23)10-11)9-12-15-13(18)4-3-5-14(15)24-16(12)17(20)21/h2-5,11H,1,6-10H2,(H,20,21). The van der Waals surface area contributed by atoms with E-state index in [0.29, 0.717) is 28.6 Å². The number of thiophene rings is 1. The van der Waals surface area contributed by atoms with E-state index in [2.05, 4.69) is 6.58 Å². The van der Waals surface area contributed by atoms with Gasteiger partial charge < -0.3 is 5.11 Å². The molecule has 1 aliphatic heterocycles. The summed E-state index contributed by atoms with van der Waals surface area (Å²) in [6.45, 7) is 4.28. The van der Waals surface area contributed by atoms with Crippen LogP contribution in [0.5, 0.6) is 0 Å². The SMILES string of the molecule is C=CCN(Cc1c(C(=O)O)sc2cccc(F)c12)C1CCS(=O)(=O)C1. The molecule has 8 heteroatoms. The third kappa shape index (κ3) is 3.61. The van der Waals surface area contributed by atoms with Crippen molar-refractivity contribution in [2.45, 2.75) is 19.0 Å². The van der Waals surface area contributed by atoms with Crippen LogP contribution in [-0.4, -0.2) is 48.5 Å². The molecule has 0 radical (unpaired) electrons. The fourth-order valence-corrected chi connectivity index (χ4v) is 6.09. The molecule has 3 rings (SSSR count). The number of carbonyl (C=O) groups is 1. The van der Waals surface area contributed by atoms with E-state index < -0.39 is 21.6 Å². The van der Waals surface area contributed by atoms with Crippen molar-refractivity contribution in [1.82, 2.24) is 4.90 Å². The third-order valence-corrected chi connectivity index (χ3v) is 7.34. The van der Waals surface area contributed by atoms with Crippen LogP contribution in [0, 0.1) is 5.82 Å². The molecule has 0 saturated carbocycles. The number of hydrogen-bond donors (Lipinski definition) is 1. The van der Waals surface area contributed by atoms with Gasteiger partial charge in [-0.2, -0.15) is 0 Å². The van der Waals surface area contributed by atoms with Crippen LogP contribution >= 0.6 is 11.3 Å². The molecule has 0 aliphatic carbocycles. The van der Waals surface area contributed by atoms with Gasteiger partial charge in [0.15, 0.2) is 9.84 Å². The van der Waals surface area contributed by atoms with Crippen molar-refractivity contribution in [3.8, 4) is 0 Å². The Morgan fingerprint density at radius 2 is 2.24 bits per heavy atom. The largest absolute Gasteiger partial charge is 0.477 e. The molecule has 1 fully saturated rings. The maximum absolute atomic E-state index is 14.3. The van der Waals surface area contributed by atoms with Crippen LogP contribution in [0.2, 0.25) is 0 Å². The van der Waals surface area contributed by atoms with Gasteiger partial charge >= 0.3 is 5.97 Å². The summed E-state index contributed by atoms with van der Waals surface area (Å²) >= 11 is 1.04. The molecule has 1 atom stereocenters. The second-order valence-electron chi connectivity index (χ2n) is 6.10. The third-order valence-electron chi connectivity index (χ3n) is 4.41. The molecule has 1 aromatic carbocycles. The number of nitrogens with zero attached hydrogens (tertiary/aromatic N) is 1. The maximum Gasteiger partial charge on any atom is 0.346 e. The van der Waals surface area contributed by atoms with Crippen LogP contribution in [-0.2, 0) is 16.4 Å². The minimum atomic E-state index is -3.08. The topological polar surface area (TPSA) is 74.7 Å². The van der Waals surface area contributed by atoms with E-state index >= 15 is 0 Å². The lowest BCUT2D eigenvalue weighted by Gasteiger charge is -2.27. The molecule has 1 unspecified atom stereocenters. The first-order valence-corrected chi connectivity index (χ1v) is 10.4. The van der Waals surface area contributed by atoms with Gasteiger partial charge in [0.25, 0.3) is 0 Å². The summed E-state index contributed by atoms with van der Waals surface area (Å²) in [7, 11) is -3.08. The molecule has 0 amide bonds. The predicted molar refractivity (Wildman–Crippen MR) is 96.4 cm³/mol. The van der Waals surface area contributed by atoms with E-state index in [1.165, 1.54) is 6.07 Å². The van der Waals surface area contributed by atoms with Crippen molar-refractivity contribution < 1.29 is 22.7 Å². The van der Waals surface area contributed by atoms with E-state index in [0.717, 1.165) is 11.3 Å². The number of halogens is 1. The lowest BCUT2D eigenvalue weighted by atomic mass is 10.1. The summed E-state index contributed by atoms with van der Waals surface area (Å²) in [4.78, 5) is 13.6. The number of aromatic carboxylic acids is 1. The van der Waals surface area contributed by atoms with Crippen LogP contribution in [0.25, 0.3) is 10.1 Å². The fraction of sp³-hybridized carbons (Fsp3) is 0.353. The Hall–Kier alpha value is -1.77. The average Bonchev–Trinajstić information content (AvgIpc) is 3.08. The molecule has 0 spiro atoms. The molecule has 0 bridgehead atoms. The van der Waals surface area contributed by atoms with E-state index in [-0.39, 0.29) is 29.0 Å². The summed E-state index contributed by atoms with van der Waals surface area (Å²) in [6, 6.07) is 4.33. The van der Waals surface area contributed by atoms with Gasteiger partial charge in [-0.1, -0.05) is 12.1 Å². The molecule has 1 N–H and O–H groups in total. The van der Waals surface area contributed by atoms with Crippen LogP contribution in [0.1, 0.15) is 21.7 Å². The van der Waals surface area contributed by atoms with Crippen LogP contribution in [0.4, 0.5) is 4.39 Å². The van der Waals surface area contributed by atoms with E-state index in [9.17, 15) is 22.7 Å². The molecule has 2 heterocycles. The zero-order valence-corrected chi connectivity index (χ0v) is 15.1. The van der Waals surface area contributed by atoms with E-state index in [1.807, 2.05) is 4.90 Å². The molecular weight excluding hydrogens is 365 g/mol. The maximum atomic E-state index is 14.3. The number of sulfone groups is 1. The Balaban J connectivity index is 2.03. The Kier molecular flexibility index (Phi) is 4.95. The minimum Gasteiger partial charge on any atom is -0.477 e. The van der Waals surface area contributed by atoms with E-state index in [1.54, 1.807) is 18.2 Å². The summed E-state index contributed by atoms with van der Waals surface area (Å²) in [5.74, 6) is -1.41. The first-order valence-electron chi connectivity index (χ1n) is 7.81. The number of rotatable bonds is 6. The first kappa shape index (κ1) is 18.0. The minimum absolute atomic E-state index is 0.0355. The Labute approximate surface area is 149 Å². The van der Waals surface area contributed by atoms with Crippen molar-refractivity contribution in [3.05, 3.63) is 47.1 Å². The molecule has 1 aliphatic rings. The van der Waals surface area contributed by atoms with Gasteiger partial charge in [0.2, 0.25) is 0 Å². The van der Waals surface area contributed by atoms with Crippen LogP contribution < -0.4 is 0 Å². The van der Waals surface area contributed by atoms with Crippen molar-refractivity contribution in [2.75, 3.05) is 18.1 Å². The number of benzene rings is 1. The van der Waals surface area contributed by atoms with Gasteiger partial charge in [-0.25, -0.2) is 17.6 Å². The normalized spacial score (nSPS) is 19.5.